The number of rotatable bonds is 4. The van der Waals surface area contributed by atoms with Crippen LogP contribution in [0.25, 0.3) is 0 Å². The predicted octanol–water partition coefficient (Wildman–Crippen LogP) is 0.826. The lowest BCUT2D eigenvalue weighted by Crippen LogP contribution is -2.54. The Bertz CT molecular complexity index is 233. The minimum Gasteiger partial charge on any atom is -0.344 e. The number of amides is 1. The Morgan fingerprint density at radius 2 is 1.79 bits per heavy atom. The molecule has 82 valence electrons. The van der Waals surface area contributed by atoms with Gasteiger partial charge >= 0.3 is 0 Å². The maximum Gasteiger partial charge on any atom is 0.240 e. The van der Waals surface area contributed by atoms with E-state index in [1.54, 1.807) is 36.4 Å². The molecule has 0 aliphatic rings. The summed E-state index contributed by atoms with van der Waals surface area (Å²) in [5.41, 5.74) is 4.66. The molecule has 0 aromatic heterocycles. The summed E-state index contributed by atoms with van der Waals surface area (Å²) in [6.07, 6.45) is 0. The van der Waals surface area contributed by atoms with Gasteiger partial charge in [0.2, 0.25) is 9.70 Å². The molecule has 0 unspecified atom stereocenters. The molecule has 1 amide bonds. The molecule has 0 heterocycles. The van der Waals surface area contributed by atoms with Gasteiger partial charge in [-0.1, -0.05) is 13.8 Å². The van der Waals surface area contributed by atoms with Gasteiger partial charge in [-0.2, -0.15) is 0 Å². The molecule has 0 bridgehead atoms. The van der Waals surface area contributed by atoms with Crippen molar-refractivity contribution in [3.8, 4) is 0 Å². The molecule has 0 saturated carbocycles. The molecule has 4 nitrogen and oxygen atoms in total. The van der Waals surface area contributed by atoms with E-state index in [4.69, 9.17) is 5.73 Å². The van der Waals surface area contributed by atoms with E-state index in [9.17, 15) is 9.59 Å². The highest BCUT2D eigenvalue weighted by molar-refractivity contribution is 14.1. The molecular formula is C9H17IN2O2. The third-order valence-corrected chi connectivity index (χ3v) is 2.45. The zero-order valence-corrected chi connectivity index (χ0v) is 11.1. The van der Waals surface area contributed by atoms with Gasteiger partial charge in [-0.25, -0.2) is 0 Å². The first-order valence-electron chi connectivity index (χ1n) is 4.45. The zero-order valence-electron chi connectivity index (χ0n) is 8.93. The number of carbonyl (C=O) groups is 2. The van der Waals surface area contributed by atoms with Crippen LogP contribution in [0.5, 0.6) is 0 Å². The summed E-state index contributed by atoms with van der Waals surface area (Å²) in [5.74, 6) is -0.230. The number of hydrogen-bond donors (Lipinski definition) is 2. The fraction of sp³-hybridized carbons (Fsp3) is 0.778. The van der Waals surface area contributed by atoms with Gasteiger partial charge in [-0.3, -0.25) is 9.59 Å². The largest absolute Gasteiger partial charge is 0.344 e. The summed E-state index contributed by atoms with van der Waals surface area (Å²) in [7, 11) is 0. The monoisotopic (exact) mass is 312 g/mol. The smallest absolute Gasteiger partial charge is 0.240 e. The van der Waals surface area contributed by atoms with Crippen molar-refractivity contribution in [2.24, 2.45) is 11.7 Å². The first-order valence-corrected chi connectivity index (χ1v) is 5.53. The fourth-order valence-corrected chi connectivity index (χ4v) is 1.69. The molecule has 0 saturated heterocycles. The molecule has 0 fully saturated rings. The number of nitrogens with one attached hydrogen (secondary N) is 1. The molecule has 0 rings (SSSR count). The molecule has 1 atom stereocenters. The molecule has 0 aliphatic carbocycles. The lowest BCUT2D eigenvalue weighted by molar-refractivity contribution is -0.128. The van der Waals surface area contributed by atoms with E-state index in [2.05, 4.69) is 5.32 Å². The van der Waals surface area contributed by atoms with Gasteiger partial charge in [0.15, 0.2) is 0 Å². The van der Waals surface area contributed by atoms with Crippen LogP contribution in [0.3, 0.4) is 0 Å². The van der Waals surface area contributed by atoms with Crippen LogP contribution in [0.15, 0.2) is 0 Å². The molecule has 0 aliphatic heterocycles. The van der Waals surface area contributed by atoms with E-state index in [-0.39, 0.29) is 15.6 Å². The van der Waals surface area contributed by atoms with E-state index in [1.807, 2.05) is 13.8 Å². The van der Waals surface area contributed by atoms with Crippen LogP contribution in [0.4, 0.5) is 0 Å². The van der Waals surface area contributed by atoms with Crippen molar-refractivity contribution in [2.45, 2.75) is 39.3 Å². The van der Waals surface area contributed by atoms with Crippen LogP contribution >= 0.6 is 22.6 Å². The van der Waals surface area contributed by atoms with E-state index in [0.717, 1.165) is 0 Å². The summed E-state index contributed by atoms with van der Waals surface area (Å²) in [6.45, 7) is 6.98. The van der Waals surface area contributed by atoms with Crippen LogP contribution in [-0.2, 0) is 9.59 Å². The Kier molecular flexibility index (Phi) is 5.00. The van der Waals surface area contributed by atoms with E-state index in [1.165, 1.54) is 0 Å². The van der Waals surface area contributed by atoms with Crippen LogP contribution < -0.4 is 11.1 Å². The van der Waals surface area contributed by atoms with Gasteiger partial charge in [-0.15, -0.1) is 0 Å². The van der Waals surface area contributed by atoms with Crippen LogP contribution in [0, 0.1) is 5.92 Å². The maximum absolute atomic E-state index is 11.5. The molecule has 0 spiro atoms. The van der Waals surface area contributed by atoms with Crippen LogP contribution in [0.1, 0.15) is 27.7 Å². The van der Waals surface area contributed by atoms with Gasteiger partial charge in [0.25, 0.3) is 0 Å². The summed E-state index contributed by atoms with van der Waals surface area (Å²) in [5, 5.41) is 2.63. The third-order valence-electron chi connectivity index (χ3n) is 1.78. The average Bonchev–Trinajstić information content (AvgIpc) is 1.96. The minimum absolute atomic E-state index is 0.0739. The topological polar surface area (TPSA) is 72.2 Å². The van der Waals surface area contributed by atoms with Gasteiger partial charge in [0.05, 0.1) is 11.6 Å². The Morgan fingerprint density at radius 3 is 2.00 bits per heavy atom. The van der Waals surface area contributed by atoms with Gasteiger partial charge in [-0.05, 0) is 19.8 Å². The van der Waals surface area contributed by atoms with Crippen molar-refractivity contribution in [3.63, 3.8) is 0 Å². The number of carbonyl (C=O) groups excluding carboxylic acids is 2. The molecular weight excluding hydrogens is 295 g/mol. The summed E-state index contributed by atoms with van der Waals surface area (Å²) in [6, 6.07) is -0.453. The lowest BCUT2D eigenvalue weighted by Gasteiger charge is -2.24. The van der Waals surface area contributed by atoms with E-state index in [0.29, 0.717) is 0 Å². The number of hydrogen-bond acceptors (Lipinski definition) is 3. The Balaban J connectivity index is 4.48. The minimum atomic E-state index is -0.945. The maximum atomic E-state index is 11.5. The first-order chi connectivity index (χ1) is 6.16. The zero-order chi connectivity index (χ0) is 11.5. The molecule has 0 aromatic rings. The highest BCUT2D eigenvalue weighted by Crippen LogP contribution is 2.08. The highest BCUT2D eigenvalue weighted by atomic mass is 127. The molecule has 5 heteroatoms. The summed E-state index contributed by atoms with van der Waals surface area (Å²) < 4.78 is -0.0739. The Hall–Kier alpha value is -0.170. The fourth-order valence-electron chi connectivity index (χ4n) is 0.813. The summed E-state index contributed by atoms with van der Waals surface area (Å²) >= 11 is 1.69. The predicted molar refractivity (Wildman–Crippen MR) is 64.1 cm³/mol. The molecule has 14 heavy (non-hydrogen) atoms. The second kappa shape index (κ2) is 5.06. The van der Waals surface area contributed by atoms with Crippen molar-refractivity contribution >= 4 is 32.3 Å². The summed E-state index contributed by atoms with van der Waals surface area (Å²) in [4.78, 5) is 22.7. The first kappa shape index (κ1) is 13.8. The van der Waals surface area contributed by atoms with E-state index >= 15 is 0 Å². The van der Waals surface area contributed by atoms with Crippen molar-refractivity contribution in [1.29, 1.82) is 0 Å². The third kappa shape index (κ3) is 4.36. The lowest BCUT2D eigenvalue weighted by atomic mass is 10.0. The second-order valence-electron chi connectivity index (χ2n) is 4.22. The Labute approximate surface area is 98.1 Å². The van der Waals surface area contributed by atoms with Gasteiger partial charge in [0, 0.05) is 22.6 Å². The quantitative estimate of drug-likeness (QED) is 0.596. The van der Waals surface area contributed by atoms with Crippen molar-refractivity contribution in [2.75, 3.05) is 0 Å². The average molecular weight is 312 g/mol. The van der Waals surface area contributed by atoms with Crippen molar-refractivity contribution < 1.29 is 9.59 Å². The molecule has 0 aromatic carbocycles. The normalized spacial score (nSPS) is 13.9. The van der Waals surface area contributed by atoms with Crippen LogP contribution in [0.2, 0.25) is 0 Å². The van der Waals surface area contributed by atoms with Crippen molar-refractivity contribution in [3.05, 3.63) is 0 Å². The standard InChI is InChI=1S/C9H17IN2O2/c1-5(2)6(7(10)13)12-8(14)9(3,4)11/h5-6H,11H2,1-4H3,(H,12,14)/t6-/m0/s1. The molecule has 3 N–H and O–H groups in total. The SMILES string of the molecule is CC(C)[C@H](NC(=O)C(C)(C)N)C(=O)I. The van der Waals surface area contributed by atoms with E-state index < -0.39 is 11.6 Å². The van der Waals surface area contributed by atoms with Gasteiger partial charge in [0.1, 0.15) is 0 Å². The second-order valence-corrected chi connectivity index (χ2v) is 5.28. The Morgan fingerprint density at radius 1 is 1.36 bits per heavy atom. The number of nitrogens with two attached hydrogens (primary N) is 1. The van der Waals surface area contributed by atoms with Crippen molar-refractivity contribution in [1.82, 2.24) is 5.32 Å². The number of halogens is 1. The molecule has 0 radical (unpaired) electrons. The van der Waals surface area contributed by atoms with Crippen LogP contribution in [-0.4, -0.2) is 21.3 Å². The van der Waals surface area contributed by atoms with Gasteiger partial charge < -0.3 is 11.1 Å². The highest BCUT2D eigenvalue weighted by Gasteiger charge is 2.28.